The molecule has 7 nitrogen and oxygen atoms in total. The Bertz CT molecular complexity index is 704. The Labute approximate surface area is 139 Å². The zero-order chi connectivity index (χ0) is 17.5. The van der Waals surface area contributed by atoms with Crippen molar-refractivity contribution in [2.75, 3.05) is 18.5 Å². The number of hydrogen-bond acceptors (Lipinski definition) is 5. The van der Waals surface area contributed by atoms with E-state index >= 15 is 0 Å². The number of nitrogens with one attached hydrogen (secondary N) is 1. The van der Waals surface area contributed by atoms with Crippen molar-refractivity contribution in [3.05, 3.63) is 58.1 Å². The number of carbonyl (C=O) groups is 1. The maximum Gasteiger partial charge on any atom is 0.269 e. The Kier molecular flexibility index (Phi) is 5.73. The molecule has 2 rings (SSSR count). The van der Waals surface area contributed by atoms with Crippen LogP contribution in [0.5, 0.6) is 11.5 Å². The summed E-state index contributed by atoms with van der Waals surface area (Å²) in [5, 5.41) is 13.3. The van der Waals surface area contributed by atoms with Gasteiger partial charge in [0.25, 0.3) is 11.6 Å². The summed E-state index contributed by atoms with van der Waals surface area (Å²) in [6.45, 7) is 4.64. The van der Waals surface area contributed by atoms with Gasteiger partial charge in [0.1, 0.15) is 11.5 Å². The second-order valence-electron chi connectivity index (χ2n) is 4.82. The molecule has 0 atom stereocenters. The number of rotatable bonds is 7. The van der Waals surface area contributed by atoms with Crippen molar-refractivity contribution in [1.29, 1.82) is 0 Å². The van der Waals surface area contributed by atoms with Gasteiger partial charge in [-0.25, -0.2) is 0 Å². The molecule has 0 aromatic heterocycles. The van der Waals surface area contributed by atoms with Crippen LogP contribution in [0, 0.1) is 10.1 Å². The average Bonchev–Trinajstić information content (AvgIpc) is 2.55. The number of anilines is 1. The molecule has 0 aliphatic carbocycles. The van der Waals surface area contributed by atoms with Crippen LogP contribution >= 0.6 is 0 Å². The second-order valence-corrected chi connectivity index (χ2v) is 4.82. The third-order valence-electron chi connectivity index (χ3n) is 3.10. The average molecular weight is 330 g/mol. The quantitative estimate of drug-likeness (QED) is 0.618. The molecule has 0 aliphatic heterocycles. The van der Waals surface area contributed by atoms with Gasteiger partial charge in [-0.3, -0.25) is 14.9 Å². The van der Waals surface area contributed by atoms with Gasteiger partial charge in [-0.15, -0.1) is 0 Å². The monoisotopic (exact) mass is 330 g/mol. The number of amides is 1. The van der Waals surface area contributed by atoms with Gasteiger partial charge in [0.2, 0.25) is 0 Å². The molecule has 0 saturated heterocycles. The summed E-state index contributed by atoms with van der Waals surface area (Å²) in [5.41, 5.74) is 0.804. The van der Waals surface area contributed by atoms with Gasteiger partial charge in [0, 0.05) is 29.4 Å². The van der Waals surface area contributed by atoms with Crippen molar-refractivity contribution in [3.63, 3.8) is 0 Å². The number of hydrogen-bond donors (Lipinski definition) is 1. The summed E-state index contributed by atoms with van der Waals surface area (Å²) in [6, 6.07) is 10.6. The van der Waals surface area contributed by atoms with Crippen molar-refractivity contribution >= 4 is 17.3 Å². The van der Waals surface area contributed by atoms with E-state index in [-0.39, 0.29) is 11.6 Å². The highest BCUT2D eigenvalue weighted by molar-refractivity contribution is 6.04. The first-order chi connectivity index (χ1) is 11.5. The third kappa shape index (κ3) is 4.45. The van der Waals surface area contributed by atoms with Gasteiger partial charge >= 0.3 is 0 Å². The summed E-state index contributed by atoms with van der Waals surface area (Å²) in [5.74, 6) is 0.723. The molecule has 0 bridgehead atoms. The molecule has 1 N–H and O–H groups in total. The molecule has 0 unspecified atom stereocenters. The molecule has 0 radical (unpaired) electrons. The van der Waals surface area contributed by atoms with E-state index in [9.17, 15) is 14.9 Å². The highest BCUT2D eigenvalue weighted by Gasteiger charge is 2.12. The van der Waals surface area contributed by atoms with Crippen molar-refractivity contribution in [1.82, 2.24) is 0 Å². The SMILES string of the molecule is CCOc1cc(OCC)cc(C(=O)Nc2ccc([N+](=O)[O-])cc2)c1. The van der Waals surface area contributed by atoms with Crippen LogP contribution in [0.2, 0.25) is 0 Å². The minimum Gasteiger partial charge on any atom is -0.494 e. The third-order valence-corrected chi connectivity index (χ3v) is 3.10. The van der Waals surface area contributed by atoms with E-state index < -0.39 is 4.92 Å². The topological polar surface area (TPSA) is 90.7 Å². The normalized spacial score (nSPS) is 10.1. The Morgan fingerprint density at radius 1 is 1.04 bits per heavy atom. The number of ether oxygens (including phenoxy) is 2. The van der Waals surface area contributed by atoms with Crippen molar-refractivity contribution in [2.24, 2.45) is 0 Å². The van der Waals surface area contributed by atoms with E-state index in [1.165, 1.54) is 24.3 Å². The molecule has 7 heteroatoms. The molecule has 1 amide bonds. The molecule has 126 valence electrons. The van der Waals surface area contributed by atoms with Crippen molar-refractivity contribution < 1.29 is 19.2 Å². The predicted octanol–water partition coefficient (Wildman–Crippen LogP) is 3.64. The van der Waals surface area contributed by atoms with E-state index in [2.05, 4.69) is 5.32 Å². The standard InChI is InChI=1S/C17H18N2O5/c1-3-23-15-9-12(10-16(11-15)24-4-2)17(20)18-13-5-7-14(8-6-13)19(21)22/h5-11H,3-4H2,1-2H3,(H,18,20). The van der Waals surface area contributed by atoms with E-state index in [1.54, 1.807) is 18.2 Å². The number of benzene rings is 2. The number of nitro benzene ring substituents is 1. The van der Waals surface area contributed by atoms with E-state index in [0.29, 0.717) is 36.0 Å². The summed E-state index contributed by atoms with van der Waals surface area (Å²) in [7, 11) is 0. The van der Waals surface area contributed by atoms with Gasteiger partial charge in [0.15, 0.2) is 0 Å². The van der Waals surface area contributed by atoms with Crippen LogP contribution in [0.3, 0.4) is 0 Å². The highest BCUT2D eigenvalue weighted by Crippen LogP contribution is 2.24. The van der Waals surface area contributed by atoms with Gasteiger partial charge < -0.3 is 14.8 Å². The van der Waals surface area contributed by atoms with Gasteiger partial charge in [-0.1, -0.05) is 0 Å². The van der Waals surface area contributed by atoms with Crippen molar-refractivity contribution in [3.8, 4) is 11.5 Å². The zero-order valence-electron chi connectivity index (χ0n) is 13.4. The van der Waals surface area contributed by atoms with Crippen LogP contribution in [0.1, 0.15) is 24.2 Å². The zero-order valence-corrected chi connectivity index (χ0v) is 13.4. The van der Waals surface area contributed by atoms with Gasteiger partial charge in [-0.2, -0.15) is 0 Å². The fraction of sp³-hybridized carbons (Fsp3) is 0.235. The molecule has 2 aromatic carbocycles. The number of nitrogens with zero attached hydrogens (tertiary/aromatic N) is 1. The number of carbonyl (C=O) groups excluding carboxylic acids is 1. The summed E-state index contributed by atoms with van der Waals surface area (Å²) in [6.07, 6.45) is 0. The Morgan fingerprint density at radius 2 is 1.58 bits per heavy atom. The first-order valence-corrected chi connectivity index (χ1v) is 7.50. The molecule has 0 fully saturated rings. The van der Waals surface area contributed by atoms with E-state index in [4.69, 9.17) is 9.47 Å². The fourth-order valence-electron chi connectivity index (χ4n) is 2.07. The molecule has 0 saturated carbocycles. The van der Waals surface area contributed by atoms with E-state index in [0.717, 1.165) is 0 Å². The largest absolute Gasteiger partial charge is 0.494 e. The lowest BCUT2D eigenvalue weighted by Gasteiger charge is -2.11. The maximum absolute atomic E-state index is 12.4. The van der Waals surface area contributed by atoms with Crippen molar-refractivity contribution in [2.45, 2.75) is 13.8 Å². The minimum absolute atomic E-state index is 0.0371. The Morgan fingerprint density at radius 3 is 2.04 bits per heavy atom. The lowest BCUT2D eigenvalue weighted by atomic mass is 10.1. The molecule has 0 heterocycles. The van der Waals surface area contributed by atoms with Crippen LogP contribution in [-0.2, 0) is 0 Å². The van der Waals surface area contributed by atoms with Crippen LogP contribution < -0.4 is 14.8 Å². The number of nitro groups is 1. The van der Waals surface area contributed by atoms with Crippen LogP contribution in [0.4, 0.5) is 11.4 Å². The lowest BCUT2D eigenvalue weighted by molar-refractivity contribution is -0.384. The highest BCUT2D eigenvalue weighted by atomic mass is 16.6. The molecular formula is C17H18N2O5. The Balaban J connectivity index is 2.19. The summed E-state index contributed by atoms with van der Waals surface area (Å²) < 4.78 is 10.9. The lowest BCUT2D eigenvalue weighted by Crippen LogP contribution is -2.12. The molecule has 0 spiro atoms. The van der Waals surface area contributed by atoms with Gasteiger partial charge in [0.05, 0.1) is 18.1 Å². The maximum atomic E-state index is 12.4. The van der Waals surface area contributed by atoms with Crippen LogP contribution in [-0.4, -0.2) is 24.0 Å². The second kappa shape index (κ2) is 7.96. The van der Waals surface area contributed by atoms with Gasteiger partial charge in [-0.05, 0) is 38.1 Å². The van der Waals surface area contributed by atoms with Crippen LogP contribution in [0.25, 0.3) is 0 Å². The molecule has 0 aliphatic rings. The predicted molar refractivity (Wildman–Crippen MR) is 89.8 cm³/mol. The fourth-order valence-corrected chi connectivity index (χ4v) is 2.07. The summed E-state index contributed by atoms with van der Waals surface area (Å²) in [4.78, 5) is 22.5. The minimum atomic E-state index is -0.495. The first-order valence-electron chi connectivity index (χ1n) is 7.50. The first kappa shape index (κ1) is 17.3. The molecule has 24 heavy (non-hydrogen) atoms. The summed E-state index contributed by atoms with van der Waals surface area (Å²) >= 11 is 0. The molecular weight excluding hydrogens is 312 g/mol. The number of non-ortho nitro benzene ring substituents is 1. The van der Waals surface area contributed by atoms with Crippen LogP contribution in [0.15, 0.2) is 42.5 Å². The smallest absolute Gasteiger partial charge is 0.269 e. The Hall–Kier alpha value is -3.09. The van der Waals surface area contributed by atoms with E-state index in [1.807, 2.05) is 13.8 Å². The molecule has 2 aromatic rings.